The molecule has 0 aliphatic carbocycles. The van der Waals surface area contributed by atoms with E-state index in [1.165, 1.54) is 17.3 Å². The third kappa shape index (κ3) is 3.21. The summed E-state index contributed by atoms with van der Waals surface area (Å²) in [5.74, 6) is 1.05. The van der Waals surface area contributed by atoms with E-state index < -0.39 is 0 Å². The van der Waals surface area contributed by atoms with Gasteiger partial charge >= 0.3 is 0 Å². The lowest BCUT2D eigenvalue weighted by Gasteiger charge is -2.09. The summed E-state index contributed by atoms with van der Waals surface area (Å²) in [5.41, 5.74) is 3.44. The Morgan fingerprint density at radius 3 is 2.53 bits per heavy atom. The highest BCUT2D eigenvalue weighted by molar-refractivity contribution is 5.85. The summed E-state index contributed by atoms with van der Waals surface area (Å²) < 4.78 is 11.7. The minimum absolute atomic E-state index is 0.174. The SMILES string of the molecule is COc1ccc(CC(=O)Nn2cnnc2)cc1OC. The molecule has 1 amide bonds. The maximum absolute atomic E-state index is 11.8. The van der Waals surface area contributed by atoms with Crippen molar-refractivity contribution >= 4 is 5.91 Å². The summed E-state index contributed by atoms with van der Waals surface area (Å²) in [6.07, 6.45) is 3.04. The van der Waals surface area contributed by atoms with Crippen LogP contribution in [-0.2, 0) is 11.2 Å². The predicted molar refractivity (Wildman–Crippen MR) is 67.6 cm³/mol. The second kappa shape index (κ2) is 5.85. The Morgan fingerprint density at radius 1 is 1.21 bits per heavy atom. The van der Waals surface area contributed by atoms with E-state index in [1.54, 1.807) is 26.4 Å². The second-order valence-electron chi connectivity index (χ2n) is 3.77. The normalized spacial score (nSPS) is 10.0. The largest absolute Gasteiger partial charge is 0.493 e. The van der Waals surface area contributed by atoms with Crippen molar-refractivity contribution in [3.63, 3.8) is 0 Å². The van der Waals surface area contributed by atoms with Crippen LogP contribution in [0.2, 0.25) is 0 Å². The average molecular weight is 262 g/mol. The van der Waals surface area contributed by atoms with Gasteiger partial charge in [0.05, 0.1) is 20.6 Å². The zero-order valence-electron chi connectivity index (χ0n) is 10.7. The fraction of sp³-hybridized carbons (Fsp3) is 0.250. The second-order valence-corrected chi connectivity index (χ2v) is 3.77. The van der Waals surface area contributed by atoms with Gasteiger partial charge in [-0.2, -0.15) is 0 Å². The molecule has 2 aromatic rings. The van der Waals surface area contributed by atoms with Gasteiger partial charge in [-0.3, -0.25) is 10.2 Å². The molecule has 7 heteroatoms. The zero-order chi connectivity index (χ0) is 13.7. The molecule has 0 fully saturated rings. The van der Waals surface area contributed by atoms with Crippen molar-refractivity contribution in [1.82, 2.24) is 14.9 Å². The Kier molecular flexibility index (Phi) is 3.97. The predicted octanol–water partition coefficient (Wildman–Crippen LogP) is 0.608. The molecule has 2 rings (SSSR count). The third-order valence-electron chi connectivity index (χ3n) is 2.49. The zero-order valence-corrected chi connectivity index (χ0v) is 10.7. The molecule has 0 saturated carbocycles. The average Bonchev–Trinajstić information content (AvgIpc) is 2.91. The molecule has 1 N–H and O–H groups in total. The van der Waals surface area contributed by atoms with E-state index in [0.29, 0.717) is 11.5 Å². The highest BCUT2D eigenvalue weighted by Crippen LogP contribution is 2.27. The molecule has 100 valence electrons. The highest BCUT2D eigenvalue weighted by Gasteiger charge is 2.08. The Balaban J connectivity index is 2.04. The molecule has 1 aromatic heterocycles. The number of nitrogens with one attached hydrogen (secondary N) is 1. The van der Waals surface area contributed by atoms with Crippen molar-refractivity contribution < 1.29 is 14.3 Å². The van der Waals surface area contributed by atoms with Gasteiger partial charge in [-0.05, 0) is 17.7 Å². The molecule has 0 spiro atoms. The van der Waals surface area contributed by atoms with Crippen LogP contribution < -0.4 is 14.9 Å². The van der Waals surface area contributed by atoms with Crippen molar-refractivity contribution in [1.29, 1.82) is 0 Å². The van der Waals surface area contributed by atoms with Crippen molar-refractivity contribution in [2.45, 2.75) is 6.42 Å². The minimum atomic E-state index is -0.174. The number of carbonyl (C=O) groups excluding carboxylic acids is 1. The van der Waals surface area contributed by atoms with E-state index in [0.717, 1.165) is 5.56 Å². The third-order valence-corrected chi connectivity index (χ3v) is 2.49. The summed E-state index contributed by atoms with van der Waals surface area (Å²) in [6, 6.07) is 5.35. The first-order valence-corrected chi connectivity index (χ1v) is 5.58. The van der Waals surface area contributed by atoms with Gasteiger partial charge in [-0.15, -0.1) is 10.2 Å². The first-order chi connectivity index (χ1) is 9.22. The first kappa shape index (κ1) is 12.9. The van der Waals surface area contributed by atoms with Crippen LogP contribution in [0.25, 0.3) is 0 Å². The number of rotatable bonds is 5. The van der Waals surface area contributed by atoms with Gasteiger partial charge in [-0.1, -0.05) is 6.07 Å². The number of hydrogen-bond donors (Lipinski definition) is 1. The van der Waals surface area contributed by atoms with Gasteiger partial charge in [0.2, 0.25) is 5.91 Å². The van der Waals surface area contributed by atoms with Gasteiger partial charge in [0.25, 0.3) is 0 Å². The lowest BCUT2D eigenvalue weighted by molar-refractivity contribution is -0.116. The molecule has 1 aromatic carbocycles. The Morgan fingerprint density at radius 2 is 1.89 bits per heavy atom. The molecule has 0 saturated heterocycles. The summed E-state index contributed by atoms with van der Waals surface area (Å²) in [4.78, 5) is 11.8. The Labute approximate surface area is 110 Å². The standard InChI is InChI=1S/C12H14N4O3/c1-18-10-4-3-9(5-11(10)19-2)6-12(17)15-16-7-13-14-8-16/h3-5,7-8H,6H2,1-2H3,(H,15,17). The van der Waals surface area contributed by atoms with Crippen molar-refractivity contribution in [2.75, 3.05) is 19.6 Å². The molecule has 0 unspecified atom stereocenters. The van der Waals surface area contributed by atoms with Gasteiger partial charge in [0, 0.05) is 0 Å². The van der Waals surface area contributed by atoms with Gasteiger partial charge < -0.3 is 9.47 Å². The van der Waals surface area contributed by atoms with Crippen LogP contribution in [-0.4, -0.2) is 35.0 Å². The van der Waals surface area contributed by atoms with Crippen LogP contribution in [0.3, 0.4) is 0 Å². The molecule has 1 heterocycles. The van der Waals surface area contributed by atoms with Gasteiger partial charge in [0.1, 0.15) is 12.7 Å². The number of methoxy groups -OCH3 is 2. The van der Waals surface area contributed by atoms with E-state index >= 15 is 0 Å². The van der Waals surface area contributed by atoms with Crippen molar-refractivity contribution in [3.8, 4) is 11.5 Å². The number of carbonyl (C=O) groups is 1. The van der Waals surface area contributed by atoms with Gasteiger partial charge in [-0.25, -0.2) is 4.68 Å². The van der Waals surface area contributed by atoms with E-state index in [4.69, 9.17) is 9.47 Å². The first-order valence-electron chi connectivity index (χ1n) is 5.58. The summed E-state index contributed by atoms with van der Waals surface area (Å²) in [6.45, 7) is 0. The Bertz CT molecular complexity index is 554. The number of aromatic nitrogens is 3. The summed E-state index contributed by atoms with van der Waals surface area (Å²) >= 11 is 0. The molecule has 0 radical (unpaired) electrons. The number of benzene rings is 1. The van der Waals surface area contributed by atoms with Crippen molar-refractivity contribution in [2.24, 2.45) is 0 Å². The molecule has 0 aliphatic rings. The van der Waals surface area contributed by atoms with Crippen LogP contribution in [0.1, 0.15) is 5.56 Å². The highest BCUT2D eigenvalue weighted by atomic mass is 16.5. The number of ether oxygens (including phenoxy) is 2. The Hall–Kier alpha value is -2.57. The van der Waals surface area contributed by atoms with Crippen LogP contribution in [0, 0.1) is 0 Å². The van der Waals surface area contributed by atoms with E-state index in [2.05, 4.69) is 15.6 Å². The fourth-order valence-corrected chi connectivity index (χ4v) is 1.62. The molecular weight excluding hydrogens is 248 g/mol. The van der Waals surface area contributed by atoms with Gasteiger partial charge in [0.15, 0.2) is 11.5 Å². The molecular formula is C12H14N4O3. The maximum atomic E-state index is 11.8. The van der Waals surface area contributed by atoms with Crippen LogP contribution in [0.5, 0.6) is 11.5 Å². The topological polar surface area (TPSA) is 78.3 Å². The van der Waals surface area contributed by atoms with E-state index in [9.17, 15) is 4.79 Å². The smallest absolute Gasteiger partial charge is 0.243 e. The number of amides is 1. The molecule has 7 nitrogen and oxygen atoms in total. The molecule has 19 heavy (non-hydrogen) atoms. The lowest BCUT2D eigenvalue weighted by Crippen LogP contribution is -2.23. The molecule has 0 atom stereocenters. The quantitative estimate of drug-likeness (QED) is 0.854. The van der Waals surface area contributed by atoms with E-state index in [-0.39, 0.29) is 12.3 Å². The van der Waals surface area contributed by atoms with Crippen LogP contribution in [0.15, 0.2) is 30.9 Å². The number of hydrogen-bond acceptors (Lipinski definition) is 5. The maximum Gasteiger partial charge on any atom is 0.243 e. The molecule has 0 bridgehead atoms. The van der Waals surface area contributed by atoms with Crippen LogP contribution >= 0.6 is 0 Å². The van der Waals surface area contributed by atoms with E-state index in [1.807, 2.05) is 6.07 Å². The number of nitrogens with zero attached hydrogens (tertiary/aromatic N) is 3. The summed E-state index contributed by atoms with van der Waals surface area (Å²) in [7, 11) is 3.12. The van der Waals surface area contributed by atoms with Crippen molar-refractivity contribution in [3.05, 3.63) is 36.4 Å². The monoisotopic (exact) mass is 262 g/mol. The fourth-order valence-electron chi connectivity index (χ4n) is 1.62. The van der Waals surface area contributed by atoms with Crippen LogP contribution in [0.4, 0.5) is 0 Å². The molecule has 0 aliphatic heterocycles. The summed E-state index contributed by atoms with van der Waals surface area (Å²) in [5, 5.41) is 7.19. The lowest BCUT2D eigenvalue weighted by atomic mass is 10.1. The minimum Gasteiger partial charge on any atom is -0.493 e.